The van der Waals surface area contributed by atoms with Crippen molar-refractivity contribution < 1.29 is 4.74 Å². The molecule has 74 valence electrons. The highest BCUT2D eigenvalue weighted by atomic mass is 16.5. The second kappa shape index (κ2) is 4.66. The lowest BCUT2D eigenvalue weighted by Crippen LogP contribution is -2.44. The maximum absolute atomic E-state index is 4.92. The zero-order chi connectivity index (χ0) is 9.68. The third-order valence-electron chi connectivity index (χ3n) is 1.54. The minimum absolute atomic E-state index is 0.497. The highest BCUT2D eigenvalue weighted by Gasteiger charge is 2.11. The molecule has 0 saturated heterocycles. The van der Waals surface area contributed by atoms with Crippen LogP contribution in [0.4, 0.5) is 0 Å². The van der Waals surface area contributed by atoms with Crippen LogP contribution in [-0.4, -0.2) is 30.9 Å². The summed E-state index contributed by atoms with van der Waals surface area (Å²) >= 11 is 0. The molecule has 0 amide bonds. The predicted octanol–water partition coefficient (Wildman–Crippen LogP) is 0.876. The van der Waals surface area contributed by atoms with Crippen LogP contribution < -0.4 is 5.43 Å². The molecule has 1 heterocycles. The van der Waals surface area contributed by atoms with E-state index in [0.717, 1.165) is 13.0 Å². The van der Waals surface area contributed by atoms with E-state index in [1.807, 2.05) is 7.05 Å². The molecule has 0 atom stereocenters. The highest BCUT2D eigenvalue weighted by molar-refractivity contribution is 4.88. The zero-order valence-electron chi connectivity index (χ0n) is 8.19. The van der Waals surface area contributed by atoms with Crippen molar-refractivity contribution in [2.24, 2.45) is 10.3 Å². The lowest BCUT2D eigenvalue weighted by atomic mass is 10.5. The van der Waals surface area contributed by atoms with Gasteiger partial charge in [-0.25, -0.2) is 0 Å². The molecule has 0 spiro atoms. The lowest BCUT2D eigenvalue weighted by Gasteiger charge is -2.28. The summed E-state index contributed by atoms with van der Waals surface area (Å²) < 4.78 is 4.92. The fraction of sp³-hybridized carbons (Fsp3) is 0.714. The van der Waals surface area contributed by atoms with Gasteiger partial charge >= 0.3 is 0 Å². The Kier molecular flexibility index (Phi) is 3.51. The zero-order valence-corrected chi connectivity index (χ0v) is 8.19. The number of hydrazine groups is 2. The molecule has 0 radical (unpaired) electrons. The summed E-state index contributed by atoms with van der Waals surface area (Å²) in [6.45, 7) is 2.95. The van der Waals surface area contributed by atoms with E-state index < -0.39 is 0 Å². The molecule has 0 aromatic heterocycles. The van der Waals surface area contributed by atoms with Crippen LogP contribution >= 0.6 is 0 Å². The van der Waals surface area contributed by atoms with Crippen LogP contribution in [0.3, 0.4) is 0 Å². The number of methoxy groups -OCH3 is 1. The standard InChI is InChI=1S/C7H15N5O/c1-4-5-8-12-10-9-7(13-3)6-11(12)2/h6,8H,4-5H2,1-3H3. The molecule has 1 rings (SSSR count). The maximum atomic E-state index is 4.92. The first-order valence-electron chi connectivity index (χ1n) is 4.21. The van der Waals surface area contributed by atoms with E-state index in [1.165, 1.54) is 0 Å². The van der Waals surface area contributed by atoms with Crippen LogP contribution in [0, 0.1) is 0 Å². The Hall–Kier alpha value is -1.30. The molecular formula is C7H15N5O. The van der Waals surface area contributed by atoms with Crippen LogP contribution in [-0.2, 0) is 4.74 Å². The van der Waals surface area contributed by atoms with Gasteiger partial charge in [-0.15, -0.1) is 5.23 Å². The fourth-order valence-electron chi connectivity index (χ4n) is 0.838. The second-order valence-corrected chi connectivity index (χ2v) is 2.63. The van der Waals surface area contributed by atoms with Gasteiger partial charge in [-0.1, -0.05) is 12.0 Å². The van der Waals surface area contributed by atoms with Crippen molar-refractivity contribution in [3.05, 3.63) is 12.1 Å². The van der Waals surface area contributed by atoms with Crippen molar-refractivity contribution >= 4 is 0 Å². The first-order valence-corrected chi connectivity index (χ1v) is 4.21. The largest absolute Gasteiger partial charge is 0.479 e. The van der Waals surface area contributed by atoms with Gasteiger partial charge in [0.2, 0.25) is 0 Å². The van der Waals surface area contributed by atoms with Gasteiger partial charge in [-0.3, -0.25) is 5.01 Å². The van der Waals surface area contributed by atoms with Gasteiger partial charge < -0.3 is 4.74 Å². The van der Waals surface area contributed by atoms with Gasteiger partial charge in [-0.2, -0.15) is 5.43 Å². The highest BCUT2D eigenvalue weighted by Crippen LogP contribution is 2.09. The molecule has 0 saturated carbocycles. The number of nitrogens with zero attached hydrogens (tertiary/aromatic N) is 4. The normalized spacial score (nSPS) is 16.1. The number of nitrogens with one attached hydrogen (secondary N) is 1. The van der Waals surface area contributed by atoms with Crippen molar-refractivity contribution in [3.8, 4) is 0 Å². The monoisotopic (exact) mass is 185 g/mol. The van der Waals surface area contributed by atoms with Crippen molar-refractivity contribution in [2.45, 2.75) is 13.3 Å². The van der Waals surface area contributed by atoms with E-state index in [9.17, 15) is 0 Å². The predicted molar refractivity (Wildman–Crippen MR) is 47.8 cm³/mol. The molecule has 1 aliphatic heterocycles. The molecule has 0 bridgehead atoms. The van der Waals surface area contributed by atoms with Gasteiger partial charge in [0.1, 0.15) is 0 Å². The van der Waals surface area contributed by atoms with Crippen LogP contribution in [0.15, 0.2) is 22.4 Å². The van der Waals surface area contributed by atoms with Gasteiger partial charge in [0, 0.05) is 13.6 Å². The summed E-state index contributed by atoms with van der Waals surface area (Å²) in [6.07, 6.45) is 2.79. The quantitative estimate of drug-likeness (QED) is 0.706. The minimum Gasteiger partial charge on any atom is -0.479 e. The third kappa shape index (κ3) is 2.59. The Morgan fingerprint density at radius 1 is 1.62 bits per heavy atom. The molecular weight excluding hydrogens is 170 g/mol. The Morgan fingerprint density at radius 2 is 2.38 bits per heavy atom. The van der Waals surface area contributed by atoms with Crippen LogP contribution in [0.25, 0.3) is 0 Å². The molecule has 6 nitrogen and oxygen atoms in total. The number of hydrogen-bond acceptors (Lipinski definition) is 6. The maximum Gasteiger partial charge on any atom is 0.253 e. The Balaban J connectivity index is 2.46. The van der Waals surface area contributed by atoms with Gasteiger partial charge in [-0.05, 0) is 11.6 Å². The van der Waals surface area contributed by atoms with Crippen molar-refractivity contribution in [1.29, 1.82) is 0 Å². The summed E-state index contributed by atoms with van der Waals surface area (Å²) in [5.41, 5.74) is 3.06. The number of ether oxygens (including phenoxy) is 1. The fourth-order valence-corrected chi connectivity index (χ4v) is 0.838. The Morgan fingerprint density at radius 3 is 2.92 bits per heavy atom. The Labute approximate surface area is 77.8 Å². The number of hydrogen-bond donors (Lipinski definition) is 1. The molecule has 0 unspecified atom stereocenters. The molecule has 0 fully saturated rings. The smallest absolute Gasteiger partial charge is 0.253 e. The van der Waals surface area contributed by atoms with E-state index in [-0.39, 0.29) is 0 Å². The average Bonchev–Trinajstić information content (AvgIpc) is 2.16. The first-order chi connectivity index (χ1) is 6.27. The first kappa shape index (κ1) is 9.79. The van der Waals surface area contributed by atoms with E-state index >= 15 is 0 Å². The van der Waals surface area contributed by atoms with Crippen LogP contribution in [0.2, 0.25) is 0 Å². The lowest BCUT2D eigenvalue weighted by molar-refractivity contribution is -0.0313. The van der Waals surface area contributed by atoms with Crippen LogP contribution in [0.5, 0.6) is 0 Å². The molecule has 6 heteroatoms. The average molecular weight is 185 g/mol. The van der Waals surface area contributed by atoms with Crippen molar-refractivity contribution in [1.82, 2.24) is 15.7 Å². The summed E-state index contributed by atoms with van der Waals surface area (Å²) in [4.78, 5) is 0. The Bertz CT molecular complexity index is 215. The molecule has 1 N–H and O–H groups in total. The summed E-state index contributed by atoms with van der Waals surface area (Å²) in [5, 5.41) is 11.0. The molecule has 1 aliphatic rings. The van der Waals surface area contributed by atoms with Crippen molar-refractivity contribution in [2.75, 3.05) is 20.7 Å². The van der Waals surface area contributed by atoms with E-state index in [2.05, 4.69) is 22.7 Å². The summed E-state index contributed by atoms with van der Waals surface area (Å²) in [7, 11) is 3.42. The van der Waals surface area contributed by atoms with Crippen LogP contribution in [0.1, 0.15) is 13.3 Å². The van der Waals surface area contributed by atoms with Gasteiger partial charge in [0.05, 0.1) is 13.3 Å². The second-order valence-electron chi connectivity index (χ2n) is 2.63. The topological polar surface area (TPSA) is 52.5 Å². The summed E-state index contributed by atoms with van der Waals surface area (Å²) in [6, 6.07) is 0. The summed E-state index contributed by atoms with van der Waals surface area (Å²) in [5.74, 6) is 0.497. The number of rotatable bonds is 4. The van der Waals surface area contributed by atoms with E-state index in [1.54, 1.807) is 23.5 Å². The molecule has 0 aromatic rings. The van der Waals surface area contributed by atoms with Gasteiger partial charge in [0.15, 0.2) is 0 Å². The molecule has 0 aliphatic carbocycles. The minimum atomic E-state index is 0.497. The van der Waals surface area contributed by atoms with Crippen molar-refractivity contribution in [3.63, 3.8) is 0 Å². The van der Waals surface area contributed by atoms with Gasteiger partial charge in [0.25, 0.3) is 5.88 Å². The third-order valence-corrected chi connectivity index (χ3v) is 1.54. The molecule has 13 heavy (non-hydrogen) atoms. The molecule has 0 aromatic carbocycles. The SMILES string of the molecule is CCCNN1N=NC(OC)=CN1C. The van der Waals surface area contributed by atoms with E-state index in [0.29, 0.717) is 5.88 Å². The van der Waals surface area contributed by atoms with E-state index in [4.69, 9.17) is 4.74 Å².